The van der Waals surface area contributed by atoms with Crippen molar-refractivity contribution in [3.05, 3.63) is 63.6 Å². The van der Waals surface area contributed by atoms with E-state index < -0.39 is 0 Å². The first kappa shape index (κ1) is 16.6. The Kier molecular flexibility index (Phi) is 4.21. The predicted molar refractivity (Wildman–Crippen MR) is 106 cm³/mol. The number of para-hydroxylation sites is 1. The summed E-state index contributed by atoms with van der Waals surface area (Å²) in [5, 5.41) is 3.87. The first-order valence-electron chi connectivity index (χ1n) is 8.85. The molecular formula is C19H17N5OS2. The van der Waals surface area contributed by atoms with E-state index in [1.807, 2.05) is 28.5 Å². The SMILES string of the molecule is O=C(CCc1nccs1)N1CCc2[nH]cnc2[C@H]1c1nc2ccccc2s1. The van der Waals surface area contributed by atoms with Gasteiger partial charge >= 0.3 is 0 Å². The fraction of sp³-hybridized carbons (Fsp3) is 0.263. The summed E-state index contributed by atoms with van der Waals surface area (Å²) in [7, 11) is 0. The topological polar surface area (TPSA) is 74.8 Å². The summed E-state index contributed by atoms with van der Waals surface area (Å²) >= 11 is 3.23. The number of nitrogens with one attached hydrogen (secondary N) is 1. The molecule has 5 rings (SSSR count). The van der Waals surface area contributed by atoms with E-state index in [2.05, 4.69) is 21.0 Å². The van der Waals surface area contributed by atoms with Crippen LogP contribution in [0.5, 0.6) is 0 Å². The van der Waals surface area contributed by atoms with Gasteiger partial charge in [-0.25, -0.2) is 15.0 Å². The Bertz CT molecular complexity index is 1050. The van der Waals surface area contributed by atoms with E-state index in [1.54, 1.807) is 35.2 Å². The molecule has 1 aliphatic heterocycles. The maximum Gasteiger partial charge on any atom is 0.223 e. The molecule has 0 unspecified atom stereocenters. The Hall–Kier alpha value is -2.58. The van der Waals surface area contributed by atoms with Crippen molar-refractivity contribution in [2.45, 2.75) is 25.3 Å². The largest absolute Gasteiger partial charge is 0.348 e. The van der Waals surface area contributed by atoms with Gasteiger partial charge in [0.1, 0.15) is 11.0 Å². The van der Waals surface area contributed by atoms with Crippen LogP contribution < -0.4 is 0 Å². The van der Waals surface area contributed by atoms with Gasteiger partial charge in [-0.1, -0.05) is 12.1 Å². The summed E-state index contributed by atoms with van der Waals surface area (Å²) in [6.07, 6.45) is 5.42. The maximum absolute atomic E-state index is 13.1. The number of fused-ring (bicyclic) bond motifs is 2. The van der Waals surface area contributed by atoms with Gasteiger partial charge < -0.3 is 9.88 Å². The first-order valence-corrected chi connectivity index (χ1v) is 10.5. The Labute approximate surface area is 163 Å². The summed E-state index contributed by atoms with van der Waals surface area (Å²) in [6.45, 7) is 0.673. The highest BCUT2D eigenvalue weighted by atomic mass is 32.1. The predicted octanol–water partition coefficient (Wildman–Crippen LogP) is 3.58. The van der Waals surface area contributed by atoms with Gasteiger partial charge in [0, 0.05) is 43.1 Å². The molecule has 27 heavy (non-hydrogen) atoms. The number of hydrogen-bond acceptors (Lipinski definition) is 6. The Balaban J connectivity index is 1.49. The van der Waals surface area contributed by atoms with Crippen LogP contribution in [0.1, 0.15) is 33.9 Å². The number of aryl methyl sites for hydroxylation is 1. The summed E-state index contributed by atoms with van der Waals surface area (Å²) in [6, 6.07) is 7.87. The van der Waals surface area contributed by atoms with Crippen LogP contribution in [0.15, 0.2) is 42.2 Å². The van der Waals surface area contributed by atoms with E-state index in [-0.39, 0.29) is 11.9 Å². The lowest BCUT2D eigenvalue weighted by atomic mass is 10.0. The molecule has 136 valence electrons. The van der Waals surface area contributed by atoms with Crippen molar-refractivity contribution in [2.24, 2.45) is 0 Å². The molecule has 6 nitrogen and oxygen atoms in total. The summed E-state index contributed by atoms with van der Waals surface area (Å²) < 4.78 is 1.13. The van der Waals surface area contributed by atoms with Crippen molar-refractivity contribution < 1.29 is 4.79 Å². The van der Waals surface area contributed by atoms with Crippen molar-refractivity contribution in [2.75, 3.05) is 6.54 Å². The number of nitrogens with zero attached hydrogens (tertiary/aromatic N) is 4. The monoisotopic (exact) mass is 395 g/mol. The van der Waals surface area contributed by atoms with E-state index in [1.165, 1.54) is 0 Å². The molecule has 0 radical (unpaired) electrons. The Morgan fingerprint density at radius 2 is 2.22 bits per heavy atom. The van der Waals surface area contributed by atoms with Crippen LogP contribution in [-0.2, 0) is 17.6 Å². The second-order valence-electron chi connectivity index (χ2n) is 6.45. The molecular weight excluding hydrogens is 378 g/mol. The zero-order valence-electron chi connectivity index (χ0n) is 14.5. The van der Waals surface area contributed by atoms with Crippen LogP contribution in [0.3, 0.4) is 0 Å². The molecule has 1 N–H and O–H groups in total. The van der Waals surface area contributed by atoms with Gasteiger partial charge in [-0.2, -0.15) is 0 Å². The Morgan fingerprint density at radius 3 is 3.07 bits per heavy atom. The number of aromatic nitrogens is 4. The van der Waals surface area contributed by atoms with Crippen molar-refractivity contribution >= 4 is 38.8 Å². The second-order valence-corrected chi connectivity index (χ2v) is 8.49. The van der Waals surface area contributed by atoms with Crippen LogP contribution in [-0.4, -0.2) is 37.3 Å². The van der Waals surface area contributed by atoms with Crippen molar-refractivity contribution in [1.82, 2.24) is 24.8 Å². The number of imidazole rings is 1. The normalized spacial score (nSPS) is 16.6. The molecule has 1 aromatic carbocycles. The third-order valence-electron chi connectivity index (χ3n) is 4.83. The fourth-order valence-corrected chi connectivity index (χ4v) is 5.24. The third-order valence-corrected chi connectivity index (χ3v) is 6.75. The molecule has 0 fully saturated rings. The summed E-state index contributed by atoms with van der Waals surface area (Å²) in [5.41, 5.74) is 2.99. The molecule has 0 saturated heterocycles. The highest BCUT2D eigenvalue weighted by Gasteiger charge is 2.35. The third kappa shape index (κ3) is 3.04. The number of hydrogen-bond donors (Lipinski definition) is 1. The number of thiazole rings is 2. The first-order chi connectivity index (χ1) is 13.3. The summed E-state index contributed by atoms with van der Waals surface area (Å²) in [5.74, 6) is 0.128. The van der Waals surface area contributed by atoms with Crippen molar-refractivity contribution in [1.29, 1.82) is 0 Å². The van der Waals surface area contributed by atoms with Gasteiger partial charge in [0.05, 0.1) is 27.2 Å². The average molecular weight is 396 g/mol. The molecule has 1 aliphatic rings. The number of carbonyl (C=O) groups excluding carboxylic acids is 1. The highest BCUT2D eigenvalue weighted by Crippen LogP contribution is 2.37. The van der Waals surface area contributed by atoms with Crippen LogP contribution >= 0.6 is 22.7 Å². The molecule has 1 amide bonds. The maximum atomic E-state index is 13.1. The number of rotatable bonds is 4. The minimum Gasteiger partial charge on any atom is -0.348 e. The summed E-state index contributed by atoms with van der Waals surface area (Å²) in [4.78, 5) is 31.9. The van der Waals surface area contributed by atoms with Crippen LogP contribution in [0.2, 0.25) is 0 Å². The number of H-pyrrole nitrogens is 1. The number of aromatic amines is 1. The fourth-order valence-electron chi connectivity index (χ4n) is 3.54. The smallest absolute Gasteiger partial charge is 0.223 e. The molecule has 4 heterocycles. The number of carbonyl (C=O) groups is 1. The lowest BCUT2D eigenvalue weighted by Gasteiger charge is -2.33. The minimum atomic E-state index is -0.221. The van der Waals surface area contributed by atoms with E-state index in [0.29, 0.717) is 19.4 Å². The molecule has 0 bridgehead atoms. The molecule has 4 aromatic rings. The molecule has 0 saturated carbocycles. The highest BCUT2D eigenvalue weighted by molar-refractivity contribution is 7.18. The van der Waals surface area contributed by atoms with E-state index in [9.17, 15) is 4.79 Å². The standard InChI is InChI=1S/C19H17N5OS2/c25-16(6-5-15-20-8-10-26-15)24-9-7-13-17(22-11-21-13)18(24)19-23-12-3-1-2-4-14(12)27-19/h1-4,8,10-11,18H,5-7,9H2,(H,21,22)/t18-/m0/s1. The van der Waals surface area contributed by atoms with Crippen LogP contribution in [0.25, 0.3) is 10.2 Å². The molecule has 0 aliphatic carbocycles. The molecule has 3 aromatic heterocycles. The van der Waals surface area contributed by atoms with Gasteiger partial charge in [0.15, 0.2) is 0 Å². The van der Waals surface area contributed by atoms with Gasteiger partial charge in [-0.3, -0.25) is 4.79 Å². The zero-order chi connectivity index (χ0) is 18.2. The van der Waals surface area contributed by atoms with E-state index >= 15 is 0 Å². The van der Waals surface area contributed by atoms with Crippen molar-refractivity contribution in [3.8, 4) is 0 Å². The van der Waals surface area contributed by atoms with Gasteiger partial charge in [0.25, 0.3) is 0 Å². The van der Waals surface area contributed by atoms with Gasteiger partial charge in [0.2, 0.25) is 5.91 Å². The zero-order valence-corrected chi connectivity index (χ0v) is 16.1. The van der Waals surface area contributed by atoms with Gasteiger partial charge in [-0.05, 0) is 12.1 Å². The molecule has 1 atom stereocenters. The van der Waals surface area contributed by atoms with Crippen LogP contribution in [0.4, 0.5) is 0 Å². The van der Waals surface area contributed by atoms with Crippen LogP contribution in [0, 0.1) is 0 Å². The minimum absolute atomic E-state index is 0.128. The average Bonchev–Trinajstić information content (AvgIpc) is 3.45. The Morgan fingerprint density at radius 1 is 1.30 bits per heavy atom. The second kappa shape index (κ2) is 6.86. The molecule has 8 heteroatoms. The quantitative estimate of drug-likeness (QED) is 0.573. The molecule has 0 spiro atoms. The van der Waals surface area contributed by atoms with E-state index in [4.69, 9.17) is 4.98 Å². The number of benzene rings is 1. The lowest BCUT2D eigenvalue weighted by Crippen LogP contribution is -2.40. The van der Waals surface area contributed by atoms with Crippen molar-refractivity contribution in [3.63, 3.8) is 0 Å². The van der Waals surface area contributed by atoms with E-state index in [0.717, 1.165) is 38.0 Å². The van der Waals surface area contributed by atoms with Gasteiger partial charge in [-0.15, -0.1) is 22.7 Å². The lowest BCUT2D eigenvalue weighted by molar-refractivity contribution is -0.133. The number of amides is 1.